The molecule has 0 aromatic heterocycles. The molecule has 44 heavy (non-hydrogen) atoms. The van der Waals surface area contributed by atoms with Gasteiger partial charge in [-0.3, -0.25) is 38.4 Å². The molecule has 0 unspecified atom stereocenters. The summed E-state index contributed by atoms with van der Waals surface area (Å²) >= 11 is 4.03. The predicted molar refractivity (Wildman–Crippen MR) is 159 cm³/mol. The minimum atomic E-state index is -1.63. The molecule has 0 spiro atoms. The molecule has 6 atom stereocenters. The Morgan fingerprint density at radius 1 is 0.864 bits per heavy atom. The summed E-state index contributed by atoms with van der Waals surface area (Å²) in [6.07, 6.45) is -0.375. The van der Waals surface area contributed by atoms with Gasteiger partial charge in [-0.05, 0) is 38.5 Å². The number of nitrogens with two attached hydrogens (primary N) is 3. The van der Waals surface area contributed by atoms with E-state index in [1.807, 2.05) is 0 Å². The van der Waals surface area contributed by atoms with Crippen molar-refractivity contribution in [1.29, 1.82) is 0 Å². The fourth-order valence-corrected chi connectivity index (χ4v) is 4.72. The van der Waals surface area contributed by atoms with Crippen LogP contribution in [0.4, 0.5) is 0 Å². The maximum absolute atomic E-state index is 13.7. The number of carboxylic acids is 1. The van der Waals surface area contributed by atoms with Crippen LogP contribution in [-0.2, 0) is 38.4 Å². The minimum Gasteiger partial charge on any atom is -0.481 e. The second kappa shape index (κ2) is 18.0. The molecule has 0 aliphatic carbocycles. The van der Waals surface area contributed by atoms with Crippen molar-refractivity contribution in [1.82, 2.24) is 26.2 Å². The Hall–Kier alpha value is -3.93. The monoisotopic (exact) mass is 644 g/mol. The molecule has 11 N–H and O–H groups in total. The lowest BCUT2D eigenvalue weighted by atomic mass is 10.0. The maximum Gasteiger partial charge on any atom is 0.305 e. The summed E-state index contributed by atoms with van der Waals surface area (Å²) < 4.78 is 0. The van der Waals surface area contributed by atoms with Crippen LogP contribution in [0.1, 0.15) is 59.3 Å². The van der Waals surface area contributed by atoms with Crippen molar-refractivity contribution < 1.29 is 43.5 Å². The normalized spacial score (nSPS) is 17.9. The Bertz CT molecular complexity index is 1100. The van der Waals surface area contributed by atoms with Crippen molar-refractivity contribution in [2.75, 3.05) is 12.3 Å². The van der Waals surface area contributed by atoms with Crippen molar-refractivity contribution >= 4 is 59.9 Å². The minimum absolute atomic E-state index is 0.107. The zero-order valence-corrected chi connectivity index (χ0v) is 25.9. The molecule has 1 aliphatic rings. The van der Waals surface area contributed by atoms with Crippen LogP contribution in [0, 0.1) is 5.92 Å². The van der Waals surface area contributed by atoms with Gasteiger partial charge in [-0.15, -0.1) is 0 Å². The third-order valence-corrected chi connectivity index (χ3v) is 7.11. The number of nitrogens with one attached hydrogen (secondary N) is 4. The van der Waals surface area contributed by atoms with E-state index in [-0.39, 0.29) is 43.9 Å². The molecule has 18 heteroatoms. The molecule has 1 fully saturated rings. The van der Waals surface area contributed by atoms with E-state index in [0.717, 1.165) is 0 Å². The highest BCUT2D eigenvalue weighted by molar-refractivity contribution is 7.80. The van der Waals surface area contributed by atoms with Crippen LogP contribution in [-0.4, -0.2) is 106 Å². The van der Waals surface area contributed by atoms with Gasteiger partial charge in [0, 0.05) is 18.7 Å². The van der Waals surface area contributed by atoms with E-state index in [1.165, 1.54) is 11.8 Å². The number of aliphatic carboxylic acids is 1. The number of hydrogen-bond donors (Lipinski definition) is 9. The summed E-state index contributed by atoms with van der Waals surface area (Å²) in [5.41, 5.74) is 16.0. The van der Waals surface area contributed by atoms with Crippen molar-refractivity contribution in [3.8, 4) is 0 Å². The zero-order valence-electron chi connectivity index (χ0n) is 25.0. The van der Waals surface area contributed by atoms with Crippen LogP contribution < -0.4 is 38.5 Å². The second-order valence-electron chi connectivity index (χ2n) is 11.0. The molecular formula is C26H44N8O9S. The van der Waals surface area contributed by atoms with Crippen LogP contribution in [0.15, 0.2) is 0 Å². The Morgan fingerprint density at radius 2 is 1.43 bits per heavy atom. The first-order chi connectivity index (χ1) is 20.5. The van der Waals surface area contributed by atoms with Crippen molar-refractivity contribution in [2.45, 2.75) is 95.5 Å². The Morgan fingerprint density at radius 3 is 1.93 bits per heavy atom. The van der Waals surface area contributed by atoms with Crippen molar-refractivity contribution in [2.24, 2.45) is 23.1 Å². The standard InChI is InChI=1S/C26H44N8O9S/c1-12(2)9-16(26(43)34-8-4-5-18(34)25(42)30-14(21(29)38)6-7-19(28)35)32-23(40)15(10-20(36)37)31-24(41)17(11-44)33-22(39)13(3)27/h12-18,44H,4-11,27H2,1-3H3,(H2,28,35)(H2,29,38)(H,30,42)(H,31,41)(H,32,40)(H,33,39)(H,36,37)/t13-,14-,15-,16-,17-,18-/m0/s1. The van der Waals surface area contributed by atoms with Gasteiger partial charge < -0.3 is 48.5 Å². The number of carbonyl (C=O) groups excluding carboxylic acids is 7. The van der Waals surface area contributed by atoms with E-state index in [0.29, 0.717) is 6.42 Å². The molecule has 17 nitrogen and oxygen atoms in total. The van der Waals surface area contributed by atoms with Gasteiger partial charge in [-0.25, -0.2) is 0 Å². The highest BCUT2D eigenvalue weighted by Gasteiger charge is 2.40. The van der Waals surface area contributed by atoms with Gasteiger partial charge >= 0.3 is 5.97 Å². The maximum atomic E-state index is 13.7. The molecule has 0 bridgehead atoms. The second-order valence-corrected chi connectivity index (χ2v) is 11.4. The first kappa shape index (κ1) is 38.1. The number of hydrogen-bond acceptors (Lipinski definition) is 10. The number of primary amides is 2. The summed E-state index contributed by atoms with van der Waals surface area (Å²) in [6, 6.07) is -7.22. The first-order valence-corrected chi connectivity index (χ1v) is 14.8. The summed E-state index contributed by atoms with van der Waals surface area (Å²) in [5.74, 6) is -7.16. The quantitative estimate of drug-likeness (QED) is 0.0663. The summed E-state index contributed by atoms with van der Waals surface area (Å²) in [6.45, 7) is 5.11. The topological polar surface area (TPSA) is 286 Å². The van der Waals surface area contributed by atoms with Gasteiger partial charge in [0.05, 0.1) is 12.5 Å². The molecule has 0 radical (unpaired) electrons. The van der Waals surface area contributed by atoms with Gasteiger partial charge in [-0.2, -0.15) is 12.6 Å². The molecular weight excluding hydrogens is 600 g/mol. The lowest BCUT2D eigenvalue weighted by molar-refractivity contribution is -0.144. The number of carbonyl (C=O) groups is 8. The number of thiol groups is 1. The fourth-order valence-electron chi connectivity index (χ4n) is 4.46. The average Bonchev–Trinajstić information content (AvgIpc) is 3.41. The number of amides is 7. The van der Waals surface area contributed by atoms with Crippen molar-refractivity contribution in [3.05, 3.63) is 0 Å². The molecule has 7 amide bonds. The van der Waals surface area contributed by atoms with E-state index in [1.54, 1.807) is 13.8 Å². The lowest BCUT2D eigenvalue weighted by Gasteiger charge is -2.31. The fraction of sp³-hybridized carbons (Fsp3) is 0.692. The highest BCUT2D eigenvalue weighted by Crippen LogP contribution is 2.21. The molecule has 248 valence electrons. The molecule has 0 aromatic rings. The van der Waals surface area contributed by atoms with Gasteiger partial charge in [0.1, 0.15) is 30.2 Å². The Kier molecular flexibility index (Phi) is 15.6. The van der Waals surface area contributed by atoms with Gasteiger partial charge in [0.15, 0.2) is 0 Å². The Balaban J connectivity index is 3.14. The number of carboxylic acid groups (broad SMARTS) is 1. The number of nitrogens with zero attached hydrogens (tertiary/aromatic N) is 1. The summed E-state index contributed by atoms with van der Waals surface area (Å²) in [7, 11) is 0. The SMILES string of the molecule is CC(C)C[C@H](NC(=O)[C@H](CC(=O)O)NC(=O)[C@H](CS)NC(=O)[C@H](C)N)C(=O)N1CCC[C@H]1C(=O)N[C@@H](CCC(N)=O)C(N)=O. The van der Waals surface area contributed by atoms with Gasteiger partial charge in [-0.1, -0.05) is 13.8 Å². The lowest BCUT2D eigenvalue weighted by Crippen LogP contribution is -2.60. The van der Waals surface area contributed by atoms with E-state index in [9.17, 15) is 43.5 Å². The van der Waals surface area contributed by atoms with E-state index in [2.05, 4.69) is 33.9 Å². The van der Waals surface area contributed by atoms with Crippen molar-refractivity contribution in [3.63, 3.8) is 0 Å². The third kappa shape index (κ3) is 12.4. The van der Waals surface area contributed by atoms with E-state index < -0.39 is 90.0 Å². The number of likely N-dealkylation sites (tertiary alicyclic amines) is 1. The average molecular weight is 645 g/mol. The van der Waals surface area contributed by atoms with Crippen LogP contribution in [0.25, 0.3) is 0 Å². The van der Waals surface area contributed by atoms with Crippen LogP contribution in [0.3, 0.4) is 0 Å². The first-order valence-electron chi connectivity index (χ1n) is 14.2. The molecule has 0 aromatic carbocycles. The predicted octanol–water partition coefficient (Wildman–Crippen LogP) is -3.53. The smallest absolute Gasteiger partial charge is 0.305 e. The van der Waals surface area contributed by atoms with E-state index in [4.69, 9.17) is 17.2 Å². The molecule has 0 saturated carbocycles. The molecule has 1 aliphatic heterocycles. The number of rotatable bonds is 18. The largest absolute Gasteiger partial charge is 0.481 e. The van der Waals surface area contributed by atoms with Crippen LogP contribution >= 0.6 is 12.6 Å². The van der Waals surface area contributed by atoms with Gasteiger partial charge in [0.2, 0.25) is 41.4 Å². The molecule has 1 heterocycles. The van der Waals surface area contributed by atoms with Crippen LogP contribution in [0.2, 0.25) is 0 Å². The summed E-state index contributed by atoms with van der Waals surface area (Å²) in [5, 5.41) is 19.0. The summed E-state index contributed by atoms with van der Waals surface area (Å²) in [4.78, 5) is 101. The third-order valence-electron chi connectivity index (χ3n) is 6.74. The molecule has 1 rings (SSSR count). The highest BCUT2D eigenvalue weighted by atomic mass is 32.1. The van der Waals surface area contributed by atoms with E-state index >= 15 is 0 Å². The molecule has 1 saturated heterocycles. The van der Waals surface area contributed by atoms with Crippen LogP contribution in [0.5, 0.6) is 0 Å². The zero-order chi connectivity index (χ0) is 33.7. The Labute approximate surface area is 260 Å². The van der Waals surface area contributed by atoms with Gasteiger partial charge in [0.25, 0.3) is 0 Å².